The van der Waals surface area contributed by atoms with Crippen LogP contribution in [0.4, 0.5) is 11.5 Å². The van der Waals surface area contributed by atoms with Crippen molar-refractivity contribution in [1.29, 1.82) is 0 Å². The molecule has 0 unspecified atom stereocenters. The van der Waals surface area contributed by atoms with Gasteiger partial charge >= 0.3 is 0 Å². The minimum atomic E-state index is -0.238. The number of hydrogen-bond donors (Lipinski definition) is 2. The van der Waals surface area contributed by atoms with Gasteiger partial charge < -0.3 is 24.7 Å². The Hall–Kier alpha value is -4.31. The van der Waals surface area contributed by atoms with E-state index < -0.39 is 0 Å². The predicted molar refractivity (Wildman–Crippen MR) is 150 cm³/mol. The molecule has 1 fully saturated rings. The maximum absolute atomic E-state index is 13.1. The van der Waals surface area contributed by atoms with E-state index in [0.29, 0.717) is 16.9 Å². The molecule has 0 radical (unpaired) electrons. The van der Waals surface area contributed by atoms with Crippen molar-refractivity contribution < 1.29 is 4.79 Å². The standard InChI is InChI=1S/C28H31N9O/c1-17(2)37-18(3)33-24-16-29-23(12-25(24)37)22-15-32-27-21(22)11-19(13-31-27)28(38)34-20-5-6-26(30-14-20)36-9-7-35(4)8-10-36/h5-6,11-17H,7-10H2,1-4H3,(H,31,32)(H,34,38). The highest BCUT2D eigenvalue weighted by Crippen LogP contribution is 2.30. The summed E-state index contributed by atoms with van der Waals surface area (Å²) in [5, 5.41) is 3.79. The fourth-order valence-corrected chi connectivity index (χ4v) is 5.14. The van der Waals surface area contributed by atoms with E-state index in [4.69, 9.17) is 0 Å². The van der Waals surface area contributed by atoms with E-state index >= 15 is 0 Å². The molecule has 0 spiro atoms. The van der Waals surface area contributed by atoms with Crippen LogP contribution in [-0.4, -0.2) is 73.5 Å². The molecule has 1 amide bonds. The van der Waals surface area contributed by atoms with Crippen LogP contribution in [0.5, 0.6) is 0 Å². The van der Waals surface area contributed by atoms with Gasteiger partial charge in [-0.25, -0.2) is 15.0 Å². The molecule has 2 N–H and O–H groups in total. The molecule has 5 aromatic rings. The topological polar surface area (TPSA) is 108 Å². The molecule has 0 aliphatic carbocycles. The number of H-pyrrole nitrogens is 1. The number of carbonyl (C=O) groups excluding carboxylic acids is 1. The van der Waals surface area contributed by atoms with E-state index in [-0.39, 0.29) is 11.9 Å². The van der Waals surface area contributed by atoms with Crippen LogP contribution in [0.1, 0.15) is 36.1 Å². The fourth-order valence-electron chi connectivity index (χ4n) is 5.14. The zero-order valence-electron chi connectivity index (χ0n) is 22.1. The van der Waals surface area contributed by atoms with Gasteiger partial charge in [-0.3, -0.25) is 9.78 Å². The number of imidazole rings is 1. The van der Waals surface area contributed by atoms with Crippen molar-refractivity contribution in [2.45, 2.75) is 26.8 Å². The number of aromatic amines is 1. The monoisotopic (exact) mass is 509 g/mol. The van der Waals surface area contributed by atoms with Gasteiger partial charge in [0, 0.05) is 55.6 Å². The smallest absolute Gasteiger partial charge is 0.257 e. The van der Waals surface area contributed by atoms with E-state index in [1.165, 1.54) is 0 Å². The van der Waals surface area contributed by atoms with Crippen LogP contribution < -0.4 is 10.2 Å². The Balaban J connectivity index is 1.25. The average molecular weight is 510 g/mol. The van der Waals surface area contributed by atoms with Crippen LogP contribution in [0.15, 0.2) is 49.1 Å². The maximum atomic E-state index is 13.1. The molecule has 10 nitrogen and oxygen atoms in total. The van der Waals surface area contributed by atoms with Crippen molar-refractivity contribution in [2.24, 2.45) is 0 Å². The van der Waals surface area contributed by atoms with Crippen molar-refractivity contribution in [3.05, 3.63) is 60.4 Å². The molecule has 194 valence electrons. The van der Waals surface area contributed by atoms with Gasteiger partial charge in [0.15, 0.2) is 0 Å². The number of nitrogens with zero attached hydrogens (tertiary/aromatic N) is 7. The summed E-state index contributed by atoms with van der Waals surface area (Å²) in [6, 6.07) is 8.04. The summed E-state index contributed by atoms with van der Waals surface area (Å²) in [5.74, 6) is 1.65. The van der Waals surface area contributed by atoms with E-state index in [2.05, 4.69) is 71.6 Å². The van der Waals surface area contributed by atoms with Crippen LogP contribution in [0.3, 0.4) is 0 Å². The second-order valence-corrected chi connectivity index (χ2v) is 10.2. The number of likely N-dealkylation sites (N-methyl/N-ethyl adjacent to an activating group) is 1. The summed E-state index contributed by atoms with van der Waals surface area (Å²) < 4.78 is 2.20. The van der Waals surface area contributed by atoms with Gasteiger partial charge in [-0.15, -0.1) is 0 Å². The van der Waals surface area contributed by atoms with Crippen LogP contribution >= 0.6 is 0 Å². The Morgan fingerprint density at radius 1 is 1.03 bits per heavy atom. The largest absolute Gasteiger partial charge is 0.354 e. The summed E-state index contributed by atoms with van der Waals surface area (Å²) in [7, 11) is 2.13. The Bertz CT molecular complexity index is 1630. The minimum Gasteiger partial charge on any atom is -0.354 e. The number of pyridine rings is 3. The fraction of sp³-hybridized carbons (Fsp3) is 0.321. The number of carbonyl (C=O) groups is 1. The maximum Gasteiger partial charge on any atom is 0.257 e. The van der Waals surface area contributed by atoms with E-state index in [1.807, 2.05) is 31.3 Å². The van der Waals surface area contributed by atoms with Gasteiger partial charge in [0.1, 0.15) is 22.8 Å². The number of aryl methyl sites for hydroxylation is 1. The zero-order chi connectivity index (χ0) is 26.4. The first-order valence-electron chi connectivity index (χ1n) is 12.9. The molecule has 0 aromatic carbocycles. The van der Waals surface area contributed by atoms with Crippen molar-refractivity contribution in [1.82, 2.24) is 34.4 Å². The number of hydrogen-bond acceptors (Lipinski definition) is 7. The summed E-state index contributed by atoms with van der Waals surface area (Å²) in [6.45, 7) is 10.2. The lowest BCUT2D eigenvalue weighted by Gasteiger charge is -2.33. The average Bonchev–Trinajstić information content (AvgIpc) is 3.48. The molecule has 38 heavy (non-hydrogen) atoms. The van der Waals surface area contributed by atoms with Crippen LogP contribution in [-0.2, 0) is 0 Å². The zero-order valence-corrected chi connectivity index (χ0v) is 22.1. The molecule has 10 heteroatoms. The highest BCUT2D eigenvalue weighted by atomic mass is 16.1. The Kier molecular flexibility index (Phi) is 6.03. The molecule has 1 aliphatic heterocycles. The number of piperazine rings is 1. The number of rotatable bonds is 5. The quantitative estimate of drug-likeness (QED) is 0.364. The Labute approximate surface area is 220 Å². The summed E-state index contributed by atoms with van der Waals surface area (Å²) in [4.78, 5) is 39.3. The SMILES string of the molecule is Cc1nc2cnc(-c3c[nH]c4ncc(C(=O)Nc5ccc(N6CCN(C)CC6)nc5)cc34)cc2n1C(C)C. The third-order valence-electron chi connectivity index (χ3n) is 7.17. The third-order valence-corrected chi connectivity index (χ3v) is 7.17. The third kappa shape index (κ3) is 4.37. The summed E-state index contributed by atoms with van der Waals surface area (Å²) in [6.07, 6.45) is 6.98. The Morgan fingerprint density at radius 2 is 1.84 bits per heavy atom. The molecule has 0 saturated carbocycles. The number of amides is 1. The van der Waals surface area contributed by atoms with Gasteiger partial charge in [-0.05, 0) is 52.1 Å². The van der Waals surface area contributed by atoms with Crippen LogP contribution in [0.25, 0.3) is 33.3 Å². The molecule has 1 saturated heterocycles. The van der Waals surface area contributed by atoms with Gasteiger partial charge in [-0.1, -0.05) is 0 Å². The van der Waals surface area contributed by atoms with Gasteiger partial charge in [-0.2, -0.15) is 0 Å². The molecular weight excluding hydrogens is 478 g/mol. The van der Waals surface area contributed by atoms with Crippen LogP contribution in [0, 0.1) is 6.92 Å². The van der Waals surface area contributed by atoms with Gasteiger partial charge in [0.25, 0.3) is 5.91 Å². The van der Waals surface area contributed by atoms with Crippen molar-refractivity contribution in [2.75, 3.05) is 43.4 Å². The molecule has 5 aromatic heterocycles. The lowest BCUT2D eigenvalue weighted by molar-refractivity contribution is 0.102. The highest BCUT2D eigenvalue weighted by Gasteiger charge is 2.18. The molecule has 1 aliphatic rings. The first-order valence-corrected chi connectivity index (χ1v) is 12.9. The Morgan fingerprint density at radius 3 is 2.58 bits per heavy atom. The molecule has 6 heterocycles. The van der Waals surface area contributed by atoms with Crippen molar-refractivity contribution in [3.8, 4) is 11.3 Å². The molecule has 6 rings (SSSR count). The lowest BCUT2D eigenvalue weighted by Crippen LogP contribution is -2.44. The van der Waals surface area contributed by atoms with Crippen molar-refractivity contribution >= 4 is 39.5 Å². The van der Waals surface area contributed by atoms with Gasteiger partial charge in [0.2, 0.25) is 0 Å². The first kappa shape index (κ1) is 24.1. The normalized spacial score (nSPS) is 14.6. The van der Waals surface area contributed by atoms with Crippen molar-refractivity contribution in [3.63, 3.8) is 0 Å². The summed E-state index contributed by atoms with van der Waals surface area (Å²) >= 11 is 0. The number of aromatic nitrogens is 6. The van der Waals surface area contributed by atoms with E-state index in [1.54, 1.807) is 18.6 Å². The first-order chi connectivity index (χ1) is 18.4. The van der Waals surface area contributed by atoms with Crippen LogP contribution in [0.2, 0.25) is 0 Å². The predicted octanol–water partition coefficient (Wildman–Crippen LogP) is 4.26. The minimum absolute atomic E-state index is 0.238. The molecule has 0 atom stereocenters. The number of anilines is 2. The number of fused-ring (bicyclic) bond motifs is 2. The highest BCUT2D eigenvalue weighted by molar-refractivity contribution is 6.07. The second-order valence-electron chi connectivity index (χ2n) is 10.2. The van der Waals surface area contributed by atoms with E-state index in [0.717, 1.165) is 65.5 Å². The number of nitrogens with one attached hydrogen (secondary N) is 2. The molecule has 0 bridgehead atoms. The van der Waals surface area contributed by atoms with Gasteiger partial charge in [0.05, 0.1) is 34.9 Å². The summed E-state index contributed by atoms with van der Waals surface area (Å²) in [5.41, 5.74) is 5.39. The molecular formula is C28H31N9O. The second kappa shape index (κ2) is 9.53. The van der Waals surface area contributed by atoms with E-state index in [9.17, 15) is 4.79 Å². The lowest BCUT2D eigenvalue weighted by atomic mass is 10.1.